The number of rotatable bonds is 3. The Labute approximate surface area is 159 Å². The fraction of sp³-hybridized carbons (Fsp3) is 0.176. The second-order valence-corrected chi connectivity index (χ2v) is 6.87. The minimum absolute atomic E-state index is 0.220. The monoisotopic (exact) mass is 390 g/mol. The highest BCUT2D eigenvalue weighted by Gasteiger charge is 2.20. The van der Waals surface area contributed by atoms with E-state index in [9.17, 15) is 4.79 Å². The number of pyridine rings is 1. The number of benzene rings is 1. The molecular weight excluding hydrogens is 376 g/mol. The lowest BCUT2D eigenvalue weighted by atomic mass is 10.1. The fourth-order valence-electron chi connectivity index (χ4n) is 2.59. The smallest absolute Gasteiger partial charge is 0.266 e. The number of ether oxygens (including phenoxy) is 2. The molecule has 9 heteroatoms. The first-order valence-corrected chi connectivity index (χ1v) is 9.07. The van der Waals surface area contributed by atoms with Gasteiger partial charge >= 0.3 is 0 Å². The van der Waals surface area contributed by atoms with Crippen molar-refractivity contribution in [2.24, 2.45) is 0 Å². The molecule has 4 rings (SSSR count). The van der Waals surface area contributed by atoms with E-state index in [-0.39, 0.29) is 5.91 Å². The number of hydrogen-bond donors (Lipinski definition) is 3. The van der Waals surface area contributed by atoms with Crippen LogP contribution in [0, 0.1) is 0 Å². The molecule has 0 bridgehead atoms. The summed E-state index contributed by atoms with van der Waals surface area (Å²) in [5, 5.41) is 3.32. The third-order valence-electron chi connectivity index (χ3n) is 3.89. The van der Waals surface area contributed by atoms with Crippen LogP contribution in [0.5, 0.6) is 11.5 Å². The van der Waals surface area contributed by atoms with Crippen molar-refractivity contribution >= 4 is 35.3 Å². The molecule has 1 aromatic heterocycles. The molecule has 0 unspecified atom stereocenters. The molecule has 0 aliphatic carbocycles. The van der Waals surface area contributed by atoms with Crippen molar-refractivity contribution < 1.29 is 14.3 Å². The highest BCUT2D eigenvalue weighted by atomic mass is 35.5. The summed E-state index contributed by atoms with van der Waals surface area (Å²) >= 11 is 7.59. The SMILES string of the molecule is CC1=C(C(=O)Nc2ccc(-c3cc4c(cc3Cl)OCCO4)cn2)SNN1. The average Bonchev–Trinajstić information content (AvgIpc) is 3.08. The standard InChI is InChI=1S/C17H15ClN4O3S/c1-9-16(26-22-21-9)17(23)20-15-3-2-10(8-19-15)11-6-13-14(7-12(11)18)25-5-4-24-13/h2-3,6-8,21-22H,4-5H2,1H3,(H,19,20,23). The molecule has 3 heterocycles. The van der Waals surface area contributed by atoms with Crippen LogP contribution in [0.4, 0.5) is 5.82 Å². The average molecular weight is 391 g/mol. The summed E-state index contributed by atoms with van der Waals surface area (Å²) in [7, 11) is 0. The van der Waals surface area contributed by atoms with Crippen LogP contribution < -0.4 is 25.0 Å². The first-order valence-electron chi connectivity index (χ1n) is 7.87. The Morgan fingerprint density at radius 1 is 1.27 bits per heavy atom. The van der Waals surface area contributed by atoms with Gasteiger partial charge in [0.05, 0.1) is 5.02 Å². The molecule has 1 aromatic carbocycles. The molecule has 0 radical (unpaired) electrons. The predicted molar refractivity (Wildman–Crippen MR) is 101 cm³/mol. The van der Waals surface area contributed by atoms with Gasteiger partial charge in [-0.05, 0) is 37.1 Å². The van der Waals surface area contributed by atoms with Gasteiger partial charge in [0.1, 0.15) is 23.9 Å². The molecule has 7 nitrogen and oxygen atoms in total. The van der Waals surface area contributed by atoms with Gasteiger partial charge in [-0.15, -0.1) is 0 Å². The van der Waals surface area contributed by atoms with Crippen molar-refractivity contribution in [3.05, 3.63) is 46.1 Å². The molecule has 0 fully saturated rings. The molecule has 2 aromatic rings. The normalized spacial score (nSPS) is 15.6. The molecule has 2 aliphatic heterocycles. The summed E-state index contributed by atoms with van der Waals surface area (Å²) in [6.45, 7) is 2.84. The van der Waals surface area contributed by atoms with E-state index in [0.29, 0.717) is 40.5 Å². The third kappa shape index (κ3) is 3.31. The second-order valence-electron chi connectivity index (χ2n) is 5.65. The van der Waals surface area contributed by atoms with Gasteiger partial charge in [0.15, 0.2) is 11.5 Å². The number of fused-ring (bicyclic) bond motifs is 1. The second kappa shape index (κ2) is 7.06. The van der Waals surface area contributed by atoms with Crippen LogP contribution in [0.2, 0.25) is 5.02 Å². The van der Waals surface area contributed by atoms with Crippen LogP contribution in [0.15, 0.2) is 41.1 Å². The summed E-state index contributed by atoms with van der Waals surface area (Å²) in [6, 6.07) is 7.16. The van der Waals surface area contributed by atoms with Gasteiger partial charge < -0.3 is 20.2 Å². The molecule has 0 spiro atoms. The number of carbonyl (C=O) groups is 1. The summed E-state index contributed by atoms with van der Waals surface area (Å²) in [5.41, 5.74) is 5.25. The summed E-state index contributed by atoms with van der Waals surface area (Å²) in [6.07, 6.45) is 1.66. The van der Waals surface area contributed by atoms with E-state index in [1.165, 1.54) is 11.9 Å². The topological polar surface area (TPSA) is 84.5 Å². The molecule has 26 heavy (non-hydrogen) atoms. The first-order chi connectivity index (χ1) is 12.6. The fourth-order valence-corrected chi connectivity index (χ4v) is 3.51. The number of carbonyl (C=O) groups excluding carboxylic acids is 1. The molecule has 1 amide bonds. The van der Waals surface area contributed by atoms with Gasteiger partial charge in [-0.3, -0.25) is 4.79 Å². The van der Waals surface area contributed by atoms with Crippen LogP contribution in [0.3, 0.4) is 0 Å². The van der Waals surface area contributed by atoms with Crippen molar-refractivity contribution in [3.8, 4) is 22.6 Å². The summed E-state index contributed by atoms with van der Waals surface area (Å²) < 4.78 is 11.1. The van der Waals surface area contributed by atoms with Crippen molar-refractivity contribution in [2.45, 2.75) is 6.92 Å². The zero-order valence-electron chi connectivity index (χ0n) is 13.8. The minimum Gasteiger partial charge on any atom is -0.486 e. The van der Waals surface area contributed by atoms with Crippen LogP contribution in [-0.2, 0) is 4.79 Å². The maximum absolute atomic E-state index is 12.2. The lowest BCUT2D eigenvalue weighted by Gasteiger charge is -2.19. The maximum atomic E-state index is 12.2. The van der Waals surface area contributed by atoms with E-state index in [0.717, 1.165) is 16.8 Å². The Bertz CT molecular complexity index is 902. The number of allylic oxidation sites excluding steroid dienone is 1. The van der Waals surface area contributed by atoms with Crippen LogP contribution in [0.25, 0.3) is 11.1 Å². The van der Waals surface area contributed by atoms with Gasteiger partial charge in [0, 0.05) is 29.1 Å². The summed E-state index contributed by atoms with van der Waals surface area (Å²) in [5.74, 6) is 1.54. The number of hydrogen-bond acceptors (Lipinski definition) is 7. The highest BCUT2D eigenvalue weighted by Crippen LogP contribution is 2.39. The number of nitrogens with zero attached hydrogens (tertiary/aromatic N) is 1. The van der Waals surface area contributed by atoms with Crippen molar-refractivity contribution in [3.63, 3.8) is 0 Å². The maximum Gasteiger partial charge on any atom is 0.266 e. The zero-order chi connectivity index (χ0) is 18.1. The van der Waals surface area contributed by atoms with E-state index in [1.807, 2.05) is 19.1 Å². The van der Waals surface area contributed by atoms with Crippen LogP contribution in [0.1, 0.15) is 6.92 Å². The predicted octanol–water partition coefficient (Wildman–Crippen LogP) is 3.10. The van der Waals surface area contributed by atoms with E-state index in [4.69, 9.17) is 21.1 Å². The van der Waals surface area contributed by atoms with Crippen LogP contribution >= 0.6 is 23.5 Å². The summed E-state index contributed by atoms with van der Waals surface area (Å²) in [4.78, 5) is 19.9. The van der Waals surface area contributed by atoms with Gasteiger partial charge in [0.2, 0.25) is 0 Å². The zero-order valence-corrected chi connectivity index (χ0v) is 15.3. The Morgan fingerprint density at radius 2 is 2.04 bits per heavy atom. The van der Waals surface area contributed by atoms with E-state index in [2.05, 4.69) is 20.6 Å². The molecule has 0 saturated carbocycles. The van der Waals surface area contributed by atoms with Gasteiger partial charge in [-0.2, -0.15) is 4.83 Å². The number of aromatic nitrogens is 1. The van der Waals surface area contributed by atoms with Crippen molar-refractivity contribution in [1.29, 1.82) is 0 Å². The molecule has 2 aliphatic rings. The van der Waals surface area contributed by atoms with Crippen LogP contribution in [-0.4, -0.2) is 24.1 Å². The first kappa shape index (κ1) is 17.0. The number of nitrogens with one attached hydrogen (secondary N) is 3. The molecule has 3 N–H and O–H groups in total. The Balaban J connectivity index is 1.55. The number of hydrazine groups is 1. The highest BCUT2D eigenvalue weighted by molar-refractivity contribution is 8.02. The van der Waals surface area contributed by atoms with Crippen molar-refractivity contribution in [1.82, 2.24) is 15.2 Å². The third-order valence-corrected chi connectivity index (χ3v) is 5.10. The Hall–Kier alpha value is -2.42. The van der Waals surface area contributed by atoms with Gasteiger partial charge in [-0.25, -0.2) is 4.98 Å². The number of amides is 1. The molecular formula is C17H15ClN4O3S. The van der Waals surface area contributed by atoms with E-state index in [1.54, 1.807) is 18.3 Å². The Kier molecular flexibility index (Phi) is 4.62. The number of halogens is 1. The minimum atomic E-state index is -0.220. The van der Waals surface area contributed by atoms with Gasteiger partial charge in [0.25, 0.3) is 5.91 Å². The number of anilines is 1. The molecule has 134 valence electrons. The Morgan fingerprint density at radius 3 is 2.69 bits per heavy atom. The molecule has 0 atom stereocenters. The van der Waals surface area contributed by atoms with E-state index >= 15 is 0 Å². The lowest BCUT2D eigenvalue weighted by molar-refractivity contribution is -0.112. The van der Waals surface area contributed by atoms with E-state index < -0.39 is 0 Å². The largest absolute Gasteiger partial charge is 0.486 e. The van der Waals surface area contributed by atoms with Crippen molar-refractivity contribution in [2.75, 3.05) is 18.5 Å². The quantitative estimate of drug-likeness (QED) is 0.694. The van der Waals surface area contributed by atoms with Gasteiger partial charge in [-0.1, -0.05) is 11.6 Å². The molecule has 0 saturated heterocycles. The lowest BCUT2D eigenvalue weighted by Crippen LogP contribution is -2.16.